The van der Waals surface area contributed by atoms with Crippen LogP contribution in [0.1, 0.15) is 32.2 Å². The highest BCUT2D eigenvalue weighted by atomic mass is 32.2. The fourth-order valence-corrected chi connectivity index (χ4v) is 3.72. The van der Waals surface area contributed by atoms with Gasteiger partial charge in [0.1, 0.15) is 10.7 Å². The monoisotopic (exact) mass is 360 g/mol. The van der Waals surface area contributed by atoms with Gasteiger partial charge in [-0.05, 0) is 19.1 Å². The van der Waals surface area contributed by atoms with Crippen LogP contribution in [0.4, 0.5) is 5.82 Å². The molecule has 3 rings (SSSR count). The molecule has 0 radical (unpaired) electrons. The molecular weight excluding hydrogens is 340 g/mol. The Bertz CT molecular complexity index is 983. The Morgan fingerprint density at radius 2 is 1.84 bits per heavy atom. The van der Waals surface area contributed by atoms with Crippen LogP contribution >= 0.6 is 0 Å². The minimum absolute atomic E-state index is 0.115. The van der Waals surface area contributed by atoms with Crippen LogP contribution in [0.3, 0.4) is 0 Å². The van der Waals surface area contributed by atoms with E-state index < -0.39 is 15.4 Å². The summed E-state index contributed by atoms with van der Waals surface area (Å²) in [6.07, 6.45) is 1.52. The lowest BCUT2D eigenvalue weighted by molar-refractivity contribution is 0.400. The normalized spacial score (nSPS) is 12.3. The van der Waals surface area contributed by atoms with Gasteiger partial charge in [0.25, 0.3) is 10.0 Å². The molecule has 3 aromatic rings. The molecule has 0 aliphatic rings. The Kier molecular flexibility index (Phi) is 4.16. The van der Waals surface area contributed by atoms with E-state index in [1.165, 1.54) is 12.3 Å². The summed E-state index contributed by atoms with van der Waals surface area (Å²) >= 11 is 0. The second kappa shape index (κ2) is 6.03. The van der Waals surface area contributed by atoms with Crippen LogP contribution < -0.4 is 4.72 Å². The van der Waals surface area contributed by atoms with Gasteiger partial charge in [0.05, 0.1) is 17.6 Å². The van der Waals surface area contributed by atoms with E-state index in [2.05, 4.69) is 15.0 Å². The predicted octanol–water partition coefficient (Wildman–Crippen LogP) is 3.27. The van der Waals surface area contributed by atoms with E-state index in [-0.39, 0.29) is 10.7 Å². The lowest BCUT2D eigenvalue weighted by atomic mass is 9.92. The summed E-state index contributed by atoms with van der Waals surface area (Å²) < 4.78 is 34.7. The second-order valence-electron chi connectivity index (χ2n) is 6.80. The first-order valence-electron chi connectivity index (χ1n) is 7.78. The molecule has 132 valence electrons. The van der Waals surface area contributed by atoms with Crippen molar-refractivity contribution in [2.24, 2.45) is 0 Å². The van der Waals surface area contributed by atoms with Crippen LogP contribution in [-0.2, 0) is 15.4 Å². The average molecular weight is 360 g/mol. The lowest BCUT2D eigenvalue weighted by Gasteiger charge is -2.17. The zero-order valence-corrected chi connectivity index (χ0v) is 15.3. The first-order valence-corrected chi connectivity index (χ1v) is 9.27. The minimum atomic E-state index is -3.86. The van der Waals surface area contributed by atoms with E-state index in [1.54, 1.807) is 11.6 Å². The summed E-state index contributed by atoms with van der Waals surface area (Å²) in [7, 11) is -3.86. The van der Waals surface area contributed by atoms with Gasteiger partial charge >= 0.3 is 0 Å². The van der Waals surface area contributed by atoms with Crippen molar-refractivity contribution in [1.82, 2.24) is 14.9 Å². The van der Waals surface area contributed by atoms with E-state index in [1.807, 2.05) is 51.1 Å². The molecular formula is C17H20N4O3S. The Morgan fingerprint density at radius 1 is 1.16 bits per heavy atom. The number of hydrogen-bond donors (Lipinski definition) is 1. The standard InChI is InChI=1S/C17H20N4O3S/c1-12-10-15(19-24-12)20-25(22,23)14-11-21(13-8-6-5-7-9-13)18-16(14)17(2,3)4/h5-11H,1-4H3,(H,19,20). The molecule has 2 heterocycles. The first kappa shape index (κ1) is 17.2. The fraction of sp³-hybridized carbons (Fsp3) is 0.294. The van der Waals surface area contributed by atoms with Gasteiger partial charge < -0.3 is 4.52 Å². The Labute approximate surface area is 146 Å². The highest BCUT2D eigenvalue weighted by Crippen LogP contribution is 2.29. The third-order valence-corrected chi connectivity index (χ3v) is 4.92. The number of para-hydroxylation sites is 1. The summed E-state index contributed by atoms with van der Waals surface area (Å²) in [5.41, 5.74) is 0.805. The number of nitrogens with one attached hydrogen (secondary N) is 1. The van der Waals surface area contributed by atoms with E-state index in [9.17, 15) is 8.42 Å². The van der Waals surface area contributed by atoms with Crippen molar-refractivity contribution in [3.63, 3.8) is 0 Å². The van der Waals surface area contributed by atoms with Crippen LogP contribution in [0.5, 0.6) is 0 Å². The molecule has 0 bridgehead atoms. The van der Waals surface area contributed by atoms with Gasteiger partial charge in [-0.1, -0.05) is 44.1 Å². The second-order valence-corrected chi connectivity index (χ2v) is 8.45. The van der Waals surface area contributed by atoms with Crippen molar-refractivity contribution in [3.05, 3.63) is 54.0 Å². The predicted molar refractivity (Wildman–Crippen MR) is 94.3 cm³/mol. The number of nitrogens with zero attached hydrogens (tertiary/aromatic N) is 3. The largest absolute Gasteiger partial charge is 0.360 e. The number of aromatic nitrogens is 3. The highest BCUT2D eigenvalue weighted by molar-refractivity contribution is 7.92. The van der Waals surface area contributed by atoms with Gasteiger partial charge in [0, 0.05) is 11.5 Å². The van der Waals surface area contributed by atoms with Crippen molar-refractivity contribution in [3.8, 4) is 5.69 Å². The van der Waals surface area contributed by atoms with Crippen LogP contribution in [0, 0.1) is 6.92 Å². The summed E-state index contributed by atoms with van der Waals surface area (Å²) in [6, 6.07) is 10.9. The molecule has 0 atom stereocenters. The maximum atomic E-state index is 12.9. The molecule has 0 amide bonds. The minimum Gasteiger partial charge on any atom is -0.360 e. The third-order valence-electron chi connectivity index (χ3n) is 3.57. The van der Waals surface area contributed by atoms with E-state index in [0.29, 0.717) is 11.5 Å². The Balaban J connectivity index is 2.09. The number of sulfonamides is 1. The summed E-state index contributed by atoms with van der Waals surface area (Å²) in [5.74, 6) is 0.665. The molecule has 25 heavy (non-hydrogen) atoms. The number of hydrogen-bond acceptors (Lipinski definition) is 5. The molecule has 0 saturated heterocycles. The zero-order chi connectivity index (χ0) is 18.2. The van der Waals surface area contributed by atoms with Crippen LogP contribution in [0.15, 0.2) is 52.0 Å². The summed E-state index contributed by atoms with van der Waals surface area (Å²) in [6.45, 7) is 7.45. The van der Waals surface area contributed by atoms with Gasteiger partial charge in [0.2, 0.25) is 0 Å². The molecule has 0 aliphatic carbocycles. The topological polar surface area (TPSA) is 90.0 Å². The molecule has 1 N–H and O–H groups in total. The Morgan fingerprint density at radius 3 is 2.40 bits per heavy atom. The SMILES string of the molecule is Cc1cc(NS(=O)(=O)c2cn(-c3ccccc3)nc2C(C)(C)C)no1. The first-order chi connectivity index (χ1) is 11.7. The molecule has 0 unspecified atom stereocenters. The number of aryl methyl sites for hydroxylation is 1. The van der Waals surface area contributed by atoms with E-state index in [0.717, 1.165) is 5.69 Å². The molecule has 0 spiro atoms. The van der Waals surface area contributed by atoms with Gasteiger partial charge in [-0.3, -0.25) is 4.72 Å². The van der Waals surface area contributed by atoms with Crippen molar-refractivity contribution < 1.29 is 12.9 Å². The van der Waals surface area contributed by atoms with Gasteiger partial charge in [-0.2, -0.15) is 5.10 Å². The number of anilines is 1. The van der Waals surface area contributed by atoms with Crippen molar-refractivity contribution in [1.29, 1.82) is 0 Å². The quantitative estimate of drug-likeness (QED) is 0.771. The molecule has 0 saturated carbocycles. The molecule has 7 nitrogen and oxygen atoms in total. The molecule has 8 heteroatoms. The average Bonchev–Trinajstić information content (AvgIpc) is 3.14. The maximum absolute atomic E-state index is 12.9. The zero-order valence-electron chi connectivity index (χ0n) is 14.5. The summed E-state index contributed by atoms with van der Waals surface area (Å²) in [4.78, 5) is 0.115. The molecule has 1 aromatic carbocycles. The van der Waals surface area contributed by atoms with Crippen LogP contribution in [0.2, 0.25) is 0 Å². The van der Waals surface area contributed by atoms with Crippen LogP contribution in [0.25, 0.3) is 5.69 Å². The van der Waals surface area contributed by atoms with Gasteiger partial charge in [0.15, 0.2) is 5.82 Å². The fourth-order valence-electron chi connectivity index (χ4n) is 2.39. The molecule has 2 aromatic heterocycles. The van der Waals surface area contributed by atoms with Crippen LogP contribution in [-0.4, -0.2) is 23.4 Å². The number of benzene rings is 1. The number of rotatable bonds is 4. The smallest absolute Gasteiger partial charge is 0.266 e. The highest BCUT2D eigenvalue weighted by Gasteiger charge is 2.30. The summed E-state index contributed by atoms with van der Waals surface area (Å²) in [5, 5.41) is 8.21. The maximum Gasteiger partial charge on any atom is 0.266 e. The van der Waals surface area contributed by atoms with Gasteiger partial charge in [-0.25, -0.2) is 13.1 Å². The molecule has 0 fully saturated rings. The van der Waals surface area contributed by atoms with Crippen molar-refractivity contribution in [2.75, 3.05) is 4.72 Å². The van der Waals surface area contributed by atoms with Gasteiger partial charge in [-0.15, -0.1) is 0 Å². The lowest BCUT2D eigenvalue weighted by Crippen LogP contribution is -2.20. The van der Waals surface area contributed by atoms with Crippen molar-refractivity contribution in [2.45, 2.75) is 38.0 Å². The van der Waals surface area contributed by atoms with E-state index in [4.69, 9.17) is 4.52 Å². The van der Waals surface area contributed by atoms with E-state index >= 15 is 0 Å². The molecule has 0 aliphatic heterocycles. The Hall–Kier alpha value is -2.61. The van der Waals surface area contributed by atoms with Crippen molar-refractivity contribution >= 4 is 15.8 Å². The third kappa shape index (κ3) is 3.58.